The van der Waals surface area contributed by atoms with Gasteiger partial charge in [0.1, 0.15) is 11.2 Å². The van der Waals surface area contributed by atoms with Gasteiger partial charge >= 0.3 is 0 Å². The van der Waals surface area contributed by atoms with Gasteiger partial charge in [0.15, 0.2) is 0 Å². The molecule has 10 aromatic rings. The van der Waals surface area contributed by atoms with Crippen LogP contribution in [0, 0.1) is 0 Å². The number of anilines is 3. The third kappa shape index (κ3) is 4.53. The Hall–Kier alpha value is -7.42. The third-order valence-corrected chi connectivity index (χ3v) is 12.3. The van der Waals surface area contributed by atoms with Crippen LogP contribution in [-0.2, 0) is 5.41 Å². The summed E-state index contributed by atoms with van der Waals surface area (Å²) in [6, 6.07) is 77.8. The van der Waals surface area contributed by atoms with E-state index in [0.29, 0.717) is 0 Å². The van der Waals surface area contributed by atoms with E-state index in [2.05, 4.69) is 211 Å². The van der Waals surface area contributed by atoms with Crippen LogP contribution in [0.1, 0.15) is 22.3 Å². The maximum Gasteiger partial charge on any atom is 0.135 e. The normalized spacial score (nSPS) is 13.1. The fourth-order valence-corrected chi connectivity index (χ4v) is 9.99. The van der Waals surface area contributed by atoms with Gasteiger partial charge in [-0.15, -0.1) is 0 Å². The Kier molecular flexibility index (Phi) is 6.88. The SMILES string of the molecule is c1ccc(-c2ccccc2N(c2ccc3c(c2)C2(c4ccccc4-c4ccccc4-c4ccccc42)c2ccccc2-3)c2ccc3oc4ccccc4c3c2)cc1. The van der Waals surface area contributed by atoms with Crippen molar-refractivity contribution in [3.8, 4) is 44.5 Å². The summed E-state index contributed by atoms with van der Waals surface area (Å²) in [6.45, 7) is 0. The first kappa shape index (κ1) is 31.9. The van der Waals surface area contributed by atoms with Crippen LogP contribution in [0.4, 0.5) is 17.1 Å². The maximum atomic E-state index is 6.35. The number of para-hydroxylation sites is 2. The summed E-state index contributed by atoms with van der Waals surface area (Å²) in [5.41, 5.74) is 19.6. The van der Waals surface area contributed by atoms with Gasteiger partial charge in [0.05, 0.1) is 11.1 Å². The molecule has 1 heterocycles. The van der Waals surface area contributed by atoms with Crippen LogP contribution >= 0.6 is 0 Å². The summed E-state index contributed by atoms with van der Waals surface area (Å²) in [6.07, 6.45) is 0. The van der Waals surface area contributed by atoms with E-state index in [0.717, 1.165) is 44.6 Å². The van der Waals surface area contributed by atoms with Crippen molar-refractivity contribution in [3.63, 3.8) is 0 Å². The standard InChI is InChI=1S/C55H35NO/c1-2-16-36(17-3-1)39-18-9-14-28-52(39)56(37-31-33-54-47(34-37)46-24-10-15-29-53(46)57-54)38-30-32-45-44-23-8-13-27-50(44)55(51(45)35-38)48-25-11-6-21-42(48)40-19-4-5-20-41(40)43-22-7-12-26-49(43)55/h1-35H. The quantitative estimate of drug-likeness (QED) is 0.180. The molecule has 57 heavy (non-hydrogen) atoms. The number of furan rings is 1. The molecule has 0 saturated heterocycles. The first-order chi connectivity index (χ1) is 28.3. The van der Waals surface area contributed by atoms with E-state index in [1.807, 2.05) is 6.07 Å². The highest BCUT2D eigenvalue weighted by Crippen LogP contribution is 2.62. The summed E-state index contributed by atoms with van der Waals surface area (Å²) < 4.78 is 6.35. The van der Waals surface area contributed by atoms with Crippen molar-refractivity contribution in [2.45, 2.75) is 5.41 Å². The van der Waals surface area contributed by atoms with Gasteiger partial charge in [0.25, 0.3) is 0 Å². The molecule has 12 rings (SSSR count). The predicted molar refractivity (Wildman–Crippen MR) is 236 cm³/mol. The lowest BCUT2D eigenvalue weighted by Gasteiger charge is -2.36. The summed E-state index contributed by atoms with van der Waals surface area (Å²) in [5.74, 6) is 0. The van der Waals surface area contributed by atoms with Crippen molar-refractivity contribution in [3.05, 3.63) is 235 Å². The van der Waals surface area contributed by atoms with Crippen LogP contribution in [0.25, 0.3) is 66.4 Å². The fraction of sp³-hybridized carbons (Fsp3) is 0.0182. The number of fused-ring (bicyclic) bond motifs is 15. The van der Waals surface area contributed by atoms with Gasteiger partial charge in [-0.05, 0) is 104 Å². The van der Waals surface area contributed by atoms with Crippen LogP contribution in [0.15, 0.2) is 217 Å². The Morgan fingerprint density at radius 2 is 0.789 bits per heavy atom. The van der Waals surface area contributed by atoms with Gasteiger partial charge in [-0.2, -0.15) is 0 Å². The summed E-state index contributed by atoms with van der Waals surface area (Å²) in [4.78, 5) is 2.45. The van der Waals surface area contributed by atoms with Crippen LogP contribution in [-0.4, -0.2) is 0 Å². The van der Waals surface area contributed by atoms with E-state index in [4.69, 9.17) is 4.42 Å². The first-order valence-corrected chi connectivity index (χ1v) is 19.7. The lowest BCUT2D eigenvalue weighted by atomic mass is 9.66. The maximum absolute atomic E-state index is 6.35. The smallest absolute Gasteiger partial charge is 0.135 e. The number of rotatable bonds is 4. The van der Waals surface area contributed by atoms with Crippen molar-refractivity contribution >= 4 is 39.0 Å². The zero-order valence-corrected chi connectivity index (χ0v) is 31.1. The minimum Gasteiger partial charge on any atom is -0.456 e. The molecule has 266 valence electrons. The molecule has 2 aliphatic carbocycles. The van der Waals surface area contributed by atoms with Crippen LogP contribution in [0.5, 0.6) is 0 Å². The third-order valence-electron chi connectivity index (χ3n) is 12.3. The van der Waals surface area contributed by atoms with Gasteiger partial charge in [0.2, 0.25) is 0 Å². The predicted octanol–water partition coefficient (Wildman–Crippen LogP) is 14.7. The Morgan fingerprint density at radius 3 is 1.47 bits per heavy atom. The molecule has 0 bridgehead atoms. The van der Waals surface area contributed by atoms with Crippen LogP contribution in [0.2, 0.25) is 0 Å². The molecule has 0 atom stereocenters. The molecule has 2 aliphatic rings. The number of hydrogen-bond acceptors (Lipinski definition) is 2. The van der Waals surface area contributed by atoms with E-state index in [1.54, 1.807) is 0 Å². The van der Waals surface area contributed by atoms with E-state index < -0.39 is 5.41 Å². The summed E-state index contributed by atoms with van der Waals surface area (Å²) in [7, 11) is 0. The molecule has 1 spiro atoms. The number of benzene rings is 9. The second-order valence-electron chi connectivity index (χ2n) is 15.2. The zero-order chi connectivity index (χ0) is 37.5. The molecule has 0 N–H and O–H groups in total. The van der Waals surface area contributed by atoms with Gasteiger partial charge in [-0.1, -0.05) is 170 Å². The summed E-state index contributed by atoms with van der Waals surface area (Å²) >= 11 is 0. The highest BCUT2D eigenvalue weighted by molar-refractivity contribution is 6.07. The molecule has 2 nitrogen and oxygen atoms in total. The van der Waals surface area contributed by atoms with Crippen molar-refractivity contribution in [1.82, 2.24) is 0 Å². The minimum atomic E-state index is -0.580. The Labute approximate surface area is 331 Å². The van der Waals surface area contributed by atoms with E-state index in [9.17, 15) is 0 Å². The zero-order valence-electron chi connectivity index (χ0n) is 31.1. The molecule has 0 amide bonds. The number of hydrogen-bond donors (Lipinski definition) is 0. The molecule has 2 heteroatoms. The monoisotopic (exact) mass is 725 g/mol. The van der Waals surface area contributed by atoms with Gasteiger partial charge in [-0.3, -0.25) is 0 Å². The average Bonchev–Trinajstić information content (AvgIpc) is 3.77. The molecule has 0 fully saturated rings. The van der Waals surface area contributed by atoms with Gasteiger partial charge in [0, 0.05) is 27.7 Å². The topological polar surface area (TPSA) is 16.4 Å². The lowest BCUT2D eigenvalue weighted by molar-refractivity contribution is 0.669. The van der Waals surface area contributed by atoms with Crippen LogP contribution in [0.3, 0.4) is 0 Å². The molecular formula is C55H35NO. The highest BCUT2D eigenvalue weighted by Gasteiger charge is 2.49. The molecule has 0 radical (unpaired) electrons. The second kappa shape index (κ2) is 12.3. The highest BCUT2D eigenvalue weighted by atomic mass is 16.3. The molecule has 9 aromatic carbocycles. The van der Waals surface area contributed by atoms with Gasteiger partial charge in [-0.25, -0.2) is 0 Å². The summed E-state index contributed by atoms with van der Waals surface area (Å²) in [5, 5.41) is 2.21. The van der Waals surface area contributed by atoms with Crippen molar-refractivity contribution in [1.29, 1.82) is 0 Å². The van der Waals surface area contributed by atoms with Crippen molar-refractivity contribution in [2.75, 3.05) is 4.90 Å². The Balaban J connectivity index is 1.19. The molecular weight excluding hydrogens is 691 g/mol. The van der Waals surface area contributed by atoms with Crippen molar-refractivity contribution < 1.29 is 4.42 Å². The van der Waals surface area contributed by atoms with Crippen LogP contribution < -0.4 is 4.90 Å². The van der Waals surface area contributed by atoms with Crippen molar-refractivity contribution in [2.24, 2.45) is 0 Å². The number of nitrogens with zero attached hydrogens (tertiary/aromatic N) is 1. The van der Waals surface area contributed by atoms with E-state index in [-0.39, 0.29) is 0 Å². The lowest BCUT2D eigenvalue weighted by Crippen LogP contribution is -2.29. The fourth-order valence-electron chi connectivity index (χ4n) is 9.99. The molecule has 1 aromatic heterocycles. The Bertz CT molecular complexity index is 3140. The molecule has 0 unspecified atom stereocenters. The average molecular weight is 726 g/mol. The Morgan fingerprint density at radius 1 is 0.316 bits per heavy atom. The largest absolute Gasteiger partial charge is 0.456 e. The second-order valence-corrected chi connectivity index (χ2v) is 15.2. The molecule has 0 aliphatic heterocycles. The van der Waals surface area contributed by atoms with E-state index in [1.165, 1.54) is 61.2 Å². The van der Waals surface area contributed by atoms with Gasteiger partial charge < -0.3 is 9.32 Å². The minimum absolute atomic E-state index is 0.580. The molecule has 0 saturated carbocycles. The first-order valence-electron chi connectivity index (χ1n) is 19.7. The van der Waals surface area contributed by atoms with E-state index >= 15 is 0 Å².